The molecule has 0 aliphatic heterocycles. The highest BCUT2D eigenvalue weighted by Crippen LogP contribution is 2.31. The number of nitro benzene ring substituents is 1. The molecule has 0 aliphatic rings. The normalized spacial score (nSPS) is 10.9. The maximum absolute atomic E-state index is 12.8. The summed E-state index contributed by atoms with van der Waals surface area (Å²) in [4.78, 5) is 24.0. The van der Waals surface area contributed by atoms with Crippen LogP contribution in [0.15, 0.2) is 52.5 Å². The molecule has 0 radical (unpaired) electrons. The van der Waals surface area contributed by atoms with Crippen molar-refractivity contribution >= 4 is 29.0 Å². The molecule has 0 aliphatic carbocycles. The van der Waals surface area contributed by atoms with Crippen LogP contribution in [0.5, 0.6) is 0 Å². The first-order chi connectivity index (χ1) is 13.3. The number of hydrogen-bond acceptors (Lipinski definition) is 7. The van der Waals surface area contributed by atoms with Gasteiger partial charge in [-0.2, -0.15) is 0 Å². The second-order valence-corrected chi connectivity index (χ2v) is 7.36. The van der Waals surface area contributed by atoms with Crippen molar-refractivity contribution < 1.29 is 9.72 Å². The first-order valence-corrected chi connectivity index (χ1v) is 9.26. The molecular formula is C18H18N6O3S. The molecule has 0 saturated heterocycles. The zero-order chi connectivity index (χ0) is 20.3. The van der Waals surface area contributed by atoms with Crippen molar-refractivity contribution in [2.45, 2.75) is 29.8 Å². The van der Waals surface area contributed by atoms with Gasteiger partial charge in [-0.3, -0.25) is 14.9 Å². The van der Waals surface area contributed by atoms with E-state index in [-0.39, 0.29) is 11.3 Å². The molecular weight excluding hydrogens is 380 g/mol. The molecule has 1 aromatic heterocycles. The number of hydrogen-bond donors (Lipinski definition) is 1. The van der Waals surface area contributed by atoms with Crippen LogP contribution in [0.1, 0.15) is 35.7 Å². The maximum atomic E-state index is 12.8. The average molecular weight is 398 g/mol. The molecule has 3 aromatic rings. The summed E-state index contributed by atoms with van der Waals surface area (Å²) in [5, 5.41) is 25.6. The lowest BCUT2D eigenvalue weighted by atomic mass is 10.0. The van der Waals surface area contributed by atoms with Gasteiger partial charge in [-0.1, -0.05) is 26.0 Å². The number of nitrogens with one attached hydrogen (secondary N) is 1. The van der Waals surface area contributed by atoms with Gasteiger partial charge in [0.25, 0.3) is 11.6 Å². The summed E-state index contributed by atoms with van der Waals surface area (Å²) in [6.45, 7) is 4.17. The van der Waals surface area contributed by atoms with E-state index in [4.69, 9.17) is 0 Å². The van der Waals surface area contributed by atoms with Crippen LogP contribution in [-0.4, -0.2) is 31.0 Å². The Morgan fingerprint density at radius 3 is 2.50 bits per heavy atom. The van der Waals surface area contributed by atoms with Crippen LogP contribution in [0.4, 0.5) is 11.4 Å². The molecule has 1 amide bonds. The number of rotatable bonds is 6. The topological polar surface area (TPSA) is 116 Å². The van der Waals surface area contributed by atoms with Crippen LogP contribution in [0.25, 0.3) is 0 Å². The van der Waals surface area contributed by atoms with Crippen molar-refractivity contribution in [1.82, 2.24) is 20.2 Å². The summed E-state index contributed by atoms with van der Waals surface area (Å²) in [6.07, 6.45) is 0. The zero-order valence-electron chi connectivity index (χ0n) is 15.5. The number of benzene rings is 2. The van der Waals surface area contributed by atoms with Crippen molar-refractivity contribution in [3.05, 3.63) is 63.7 Å². The molecule has 2 aromatic carbocycles. The Morgan fingerprint density at radius 2 is 1.93 bits per heavy atom. The van der Waals surface area contributed by atoms with E-state index in [1.54, 1.807) is 7.05 Å². The number of tetrazole rings is 1. The Bertz CT molecular complexity index is 1020. The number of nitrogens with zero attached hydrogens (tertiary/aromatic N) is 5. The fourth-order valence-corrected chi connectivity index (χ4v) is 3.29. The van der Waals surface area contributed by atoms with E-state index in [1.807, 2.05) is 24.3 Å². The largest absolute Gasteiger partial charge is 0.322 e. The first-order valence-electron chi connectivity index (χ1n) is 8.45. The van der Waals surface area contributed by atoms with Crippen LogP contribution in [0.3, 0.4) is 0 Å². The summed E-state index contributed by atoms with van der Waals surface area (Å²) < 4.78 is 1.46. The Kier molecular flexibility index (Phi) is 5.69. The molecule has 10 heteroatoms. The minimum Gasteiger partial charge on any atom is -0.322 e. The lowest BCUT2D eigenvalue weighted by Crippen LogP contribution is -2.13. The van der Waals surface area contributed by atoms with Gasteiger partial charge in [-0.05, 0) is 51.9 Å². The van der Waals surface area contributed by atoms with E-state index in [0.717, 1.165) is 17.3 Å². The minimum absolute atomic E-state index is 0.166. The monoisotopic (exact) mass is 398 g/mol. The van der Waals surface area contributed by atoms with Gasteiger partial charge < -0.3 is 5.32 Å². The SMILES string of the molecule is CC(C)c1ccc(NC(=O)c2cc([N+](=O)[O-])ccc2Sc2nnnn2C)cc1. The molecule has 1 N–H and O–H groups in total. The highest BCUT2D eigenvalue weighted by Gasteiger charge is 2.19. The Hall–Kier alpha value is -3.27. The molecule has 0 atom stereocenters. The van der Waals surface area contributed by atoms with E-state index in [1.165, 1.54) is 22.9 Å². The van der Waals surface area contributed by atoms with Crippen LogP contribution in [0, 0.1) is 10.1 Å². The zero-order valence-corrected chi connectivity index (χ0v) is 16.3. The predicted octanol–water partition coefficient (Wildman–Crippen LogP) is 3.65. The van der Waals surface area contributed by atoms with Gasteiger partial charge in [0.05, 0.1) is 10.5 Å². The average Bonchev–Trinajstić information content (AvgIpc) is 3.07. The highest BCUT2D eigenvalue weighted by molar-refractivity contribution is 7.99. The standard InChI is InChI=1S/C18H18N6O3S/c1-11(2)12-4-6-13(7-5-12)19-17(25)15-10-14(24(26)27)8-9-16(15)28-18-20-21-22-23(18)3/h4-11H,1-3H3,(H,19,25). The quantitative estimate of drug-likeness (QED) is 0.498. The number of carbonyl (C=O) groups is 1. The van der Waals surface area contributed by atoms with Gasteiger partial charge in [0.15, 0.2) is 0 Å². The second kappa shape index (κ2) is 8.17. The number of aryl methyl sites for hydroxylation is 1. The molecule has 9 nitrogen and oxygen atoms in total. The molecule has 0 saturated carbocycles. The molecule has 28 heavy (non-hydrogen) atoms. The van der Waals surface area contributed by atoms with E-state index in [0.29, 0.717) is 21.7 Å². The predicted molar refractivity (Wildman–Crippen MR) is 105 cm³/mol. The van der Waals surface area contributed by atoms with Crippen LogP contribution in [-0.2, 0) is 7.05 Å². The highest BCUT2D eigenvalue weighted by atomic mass is 32.2. The van der Waals surface area contributed by atoms with E-state index in [2.05, 4.69) is 34.7 Å². The van der Waals surface area contributed by atoms with Gasteiger partial charge in [0.1, 0.15) is 0 Å². The molecule has 0 spiro atoms. The number of nitro groups is 1. The van der Waals surface area contributed by atoms with Crippen LogP contribution < -0.4 is 5.32 Å². The van der Waals surface area contributed by atoms with Gasteiger partial charge in [0.2, 0.25) is 5.16 Å². The molecule has 1 heterocycles. The maximum Gasteiger partial charge on any atom is 0.270 e. The molecule has 3 rings (SSSR count). The van der Waals surface area contributed by atoms with Crippen LogP contribution >= 0.6 is 11.8 Å². The van der Waals surface area contributed by atoms with Crippen molar-refractivity contribution in [1.29, 1.82) is 0 Å². The Labute approximate surface area is 165 Å². The summed E-state index contributed by atoms with van der Waals surface area (Å²) in [6, 6.07) is 11.6. The van der Waals surface area contributed by atoms with E-state index < -0.39 is 10.8 Å². The number of non-ortho nitro benzene ring substituents is 1. The van der Waals surface area contributed by atoms with E-state index in [9.17, 15) is 14.9 Å². The summed E-state index contributed by atoms with van der Waals surface area (Å²) >= 11 is 1.16. The molecule has 0 fully saturated rings. The summed E-state index contributed by atoms with van der Waals surface area (Å²) in [5.74, 6) is -0.0665. The Morgan fingerprint density at radius 1 is 1.21 bits per heavy atom. The lowest BCUT2D eigenvalue weighted by molar-refractivity contribution is -0.384. The second-order valence-electron chi connectivity index (χ2n) is 6.36. The lowest BCUT2D eigenvalue weighted by Gasteiger charge is -2.11. The van der Waals surface area contributed by atoms with Gasteiger partial charge >= 0.3 is 0 Å². The van der Waals surface area contributed by atoms with Crippen molar-refractivity contribution in [3.63, 3.8) is 0 Å². The van der Waals surface area contributed by atoms with Crippen molar-refractivity contribution in [2.75, 3.05) is 5.32 Å². The molecule has 0 bridgehead atoms. The summed E-state index contributed by atoms with van der Waals surface area (Å²) in [5.41, 5.74) is 1.77. The third-order valence-electron chi connectivity index (χ3n) is 4.04. The minimum atomic E-state index is -0.535. The van der Waals surface area contributed by atoms with Crippen molar-refractivity contribution in [3.8, 4) is 0 Å². The fourth-order valence-electron chi connectivity index (χ4n) is 2.45. The number of carbonyl (C=O) groups excluding carboxylic acids is 1. The smallest absolute Gasteiger partial charge is 0.270 e. The number of amides is 1. The third-order valence-corrected chi connectivity index (χ3v) is 5.14. The third kappa shape index (κ3) is 4.34. The number of aromatic nitrogens is 4. The Balaban J connectivity index is 1.90. The van der Waals surface area contributed by atoms with Crippen LogP contribution in [0.2, 0.25) is 0 Å². The molecule has 0 unspecified atom stereocenters. The first kappa shape index (κ1) is 19.5. The fraction of sp³-hybridized carbons (Fsp3) is 0.222. The van der Waals surface area contributed by atoms with E-state index >= 15 is 0 Å². The van der Waals surface area contributed by atoms with Crippen molar-refractivity contribution in [2.24, 2.45) is 7.05 Å². The summed E-state index contributed by atoms with van der Waals surface area (Å²) in [7, 11) is 1.67. The van der Waals surface area contributed by atoms with Gasteiger partial charge in [0, 0.05) is 29.8 Å². The van der Waals surface area contributed by atoms with Gasteiger partial charge in [-0.15, -0.1) is 5.10 Å². The number of anilines is 1. The molecule has 144 valence electrons. The van der Waals surface area contributed by atoms with Gasteiger partial charge in [-0.25, -0.2) is 4.68 Å².